The molecule has 4 heteroatoms. The molecule has 0 bridgehead atoms. The molecule has 2 heterocycles. The Morgan fingerprint density at radius 3 is 2.67 bits per heavy atom. The van der Waals surface area contributed by atoms with E-state index in [4.69, 9.17) is 0 Å². The van der Waals surface area contributed by atoms with Gasteiger partial charge in [-0.25, -0.2) is 0 Å². The van der Waals surface area contributed by atoms with Crippen LogP contribution >= 0.6 is 0 Å². The summed E-state index contributed by atoms with van der Waals surface area (Å²) in [6.45, 7) is 2.07. The maximum atomic E-state index is 10.4. The lowest BCUT2D eigenvalue weighted by Gasteiger charge is -2.44. The van der Waals surface area contributed by atoms with Crippen LogP contribution in [-0.2, 0) is 0 Å². The highest BCUT2D eigenvalue weighted by molar-refractivity contribution is 5.72. The average molecular weight is 205 g/mol. The quantitative estimate of drug-likeness (QED) is 0.679. The first-order valence-electron chi connectivity index (χ1n) is 5.03. The highest BCUT2D eigenvalue weighted by atomic mass is 16.1. The summed E-state index contributed by atoms with van der Waals surface area (Å²) < 4.78 is 0. The van der Waals surface area contributed by atoms with Crippen molar-refractivity contribution in [3.63, 3.8) is 0 Å². The summed E-state index contributed by atoms with van der Waals surface area (Å²) in [6.07, 6.45) is 2.53. The Hall–Kier alpha value is -1.42. The Morgan fingerprint density at radius 1 is 1.47 bits per heavy atom. The number of carbonyl (C=O) groups excluding carboxylic acids is 1. The maximum absolute atomic E-state index is 10.4. The van der Waals surface area contributed by atoms with Gasteiger partial charge in [0.1, 0.15) is 5.69 Å². The van der Waals surface area contributed by atoms with Gasteiger partial charge in [0.25, 0.3) is 0 Å². The number of aldehydes is 1. The first-order chi connectivity index (χ1) is 7.20. The Kier molecular flexibility index (Phi) is 2.68. The van der Waals surface area contributed by atoms with Gasteiger partial charge >= 0.3 is 0 Å². The lowest BCUT2D eigenvalue weighted by atomic mass is 10.1. The van der Waals surface area contributed by atoms with E-state index in [0.29, 0.717) is 11.7 Å². The van der Waals surface area contributed by atoms with E-state index < -0.39 is 0 Å². The van der Waals surface area contributed by atoms with Crippen LogP contribution in [0.25, 0.3) is 0 Å². The van der Waals surface area contributed by atoms with Gasteiger partial charge in [-0.3, -0.25) is 9.78 Å². The Labute approximate surface area is 89.5 Å². The van der Waals surface area contributed by atoms with Crippen LogP contribution < -0.4 is 4.90 Å². The van der Waals surface area contributed by atoms with E-state index in [0.717, 1.165) is 25.1 Å². The lowest BCUT2D eigenvalue weighted by molar-refractivity contribution is 0.111. The average Bonchev–Trinajstić information content (AvgIpc) is 2.16. The number of hydrogen-bond donors (Lipinski definition) is 0. The molecule has 0 saturated carbocycles. The lowest BCUT2D eigenvalue weighted by Crippen LogP contribution is -2.57. The van der Waals surface area contributed by atoms with Gasteiger partial charge in [0, 0.05) is 19.1 Å². The minimum absolute atomic E-state index is 0.489. The van der Waals surface area contributed by atoms with Crippen LogP contribution in [0, 0.1) is 0 Å². The number of carbonyl (C=O) groups is 1. The number of nitrogens with zero attached hydrogens (tertiary/aromatic N) is 3. The fourth-order valence-electron chi connectivity index (χ4n) is 1.65. The molecule has 80 valence electrons. The molecule has 0 atom stereocenters. The van der Waals surface area contributed by atoms with E-state index >= 15 is 0 Å². The molecular formula is C11H15N3O. The van der Waals surface area contributed by atoms with Crippen LogP contribution in [0.4, 0.5) is 5.69 Å². The number of hydrogen-bond acceptors (Lipinski definition) is 4. The molecule has 0 N–H and O–H groups in total. The van der Waals surface area contributed by atoms with Crippen molar-refractivity contribution in [3.05, 3.63) is 24.0 Å². The second-order valence-electron chi connectivity index (χ2n) is 4.08. The van der Waals surface area contributed by atoms with Crippen molar-refractivity contribution in [2.75, 3.05) is 32.1 Å². The summed E-state index contributed by atoms with van der Waals surface area (Å²) in [6, 6.07) is 4.34. The summed E-state index contributed by atoms with van der Waals surface area (Å²) in [5, 5.41) is 0. The zero-order valence-corrected chi connectivity index (χ0v) is 9.05. The van der Waals surface area contributed by atoms with E-state index in [1.807, 2.05) is 6.07 Å². The summed E-state index contributed by atoms with van der Waals surface area (Å²) in [5.41, 5.74) is 1.59. The number of rotatable bonds is 3. The first kappa shape index (κ1) is 10.1. The molecule has 1 fully saturated rings. The highest BCUT2D eigenvalue weighted by Gasteiger charge is 2.28. The molecular weight excluding hydrogens is 190 g/mol. The molecule has 0 amide bonds. The number of pyridine rings is 1. The minimum atomic E-state index is 0.489. The van der Waals surface area contributed by atoms with E-state index in [-0.39, 0.29) is 0 Å². The third-order valence-electron chi connectivity index (χ3n) is 2.85. The maximum Gasteiger partial charge on any atom is 0.168 e. The normalized spacial score (nSPS) is 16.6. The van der Waals surface area contributed by atoms with E-state index in [1.54, 1.807) is 12.3 Å². The van der Waals surface area contributed by atoms with Gasteiger partial charge in [-0.2, -0.15) is 0 Å². The molecule has 0 radical (unpaired) electrons. The zero-order valence-electron chi connectivity index (χ0n) is 9.05. The van der Waals surface area contributed by atoms with Crippen LogP contribution in [0.5, 0.6) is 0 Å². The van der Waals surface area contributed by atoms with E-state index in [9.17, 15) is 4.79 Å². The van der Waals surface area contributed by atoms with Gasteiger partial charge in [0.05, 0.1) is 11.9 Å². The van der Waals surface area contributed by atoms with Crippen molar-refractivity contribution in [2.45, 2.75) is 6.04 Å². The van der Waals surface area contributed by atoms with Gasteiger partial charge in [-0.05, 0) is 26.2 Å². The van der Waals surface area contributed by atoms with E-state index in [2.05, 4.69) is 28.9 Å². The molecule has 2 rings (SSSR count). The predicted molar refractivity (Wildman–Crippen MR) is 59.3 cm³/mol. The second kappa shape index (κ2) is 3.98. The first-order valence-corrected chi connectivity index (χ1v) is 5.03. The fourth-order valence-corrected chi connectivity index (χ4v) is 1.65. The van der Waals surface area contributed by atoms with Crippen LogP contribution in [-0.4, -0.2) is 49.4 Å². The molecule has 0 aromatic carbocycles. The molecule has 1 aromatic rings. The third-order valence-corrected chi connectivity index (χ3v) is 2.85. The van der Waals surface area contributed by atoms with E-state index in [1.165, 1.54) is 0 Å². The van der Waals surface area contributed by atoms with Crippen molar-refractivity contribution < 1.29 is 4.79 Å². The van der Waals surface area contributed by atoms with Crippen molar-refractivity contribution in [1.29, 1.82) is 0 Å². The summed E-state index contributed by atoms with van der Waals surface area (Å²) >= 11 is 0. The molecule has 15 heavy (non-hydrogen) atoms. The Morgan fingerprint density at radius 2 is 2.20 bits per heavy atom. The van der Waals surface area contributed by atoms with Crippen molar-refractivity contribution in [1.82, 2.24) is 9.88 Å². The van der Waals surface area contributed by atoms with Crippen LogP contribution in [0.1, 0.15) is 10.5 Å². The molecule has 1 saturated heterocycles. The smallest absolute Gasteiger partial charge is 0.168 e. The SMILES string of the molecule is CN(C)C1CN(c2ccc(C=O)nc2)C1. The number of anilines is 1. The molecule has 0 aliphatic carbocycles. The fraction of sp³-hybridized carbons (Fsp3) is 0.455. The minimum Gasteiger partial charge on any atom is -0.367 e. The topological polar surface area (TPSA) is 36.4 Å². The number of aromatic nitrogens is 1. The molecule has 4 nitrogen and oxygen atoms in total. The molecule has 1 aliphatic heterocycles. The molecule has 1 aliphatic rings. The third kappa shape index (κ3) is 1.99. The monoisotopic (exact) mass is 205 g/mol. The van der Waals surface area contributed by atoms with Crippen molar-refractivity contribution in [2.24, 2.45) is 0 Å². The largest absolute Gasteiger partial charge is 0.367 e. The Bertz CT molecular complexity index is 341. The molecule has 1 aromatic heterocycles. The van der Waals surface area contributed by atoms with Gasteiger partial charge in [0.15, 0.2) is 6.29 Å². The zero-order chi connectivity index (χ0) is 10.8. The van der Waals surface area contributed by atoms with Crippen LogP contribution in [0.15, 0.2) is 18.3 Å². The van der Waals surface area contributed by atoms with Gasteiger partial charge in [-0.15, -0.1) is 0 Å². The van der Waals surface area contributed by atoms with Gasteiger partial charge < -0.3 is 9.80 Å². The highest BCUT2D eigenvalue weighted by Crippen LogP contribution is 2.21. The standard InChI is InChI=1S/C11H15N3O/c1-13(2)11-6-14(7-11)10-4-3-9(8-15)12-5-10/h3-5,8,11H,6-7H2,1-2H3. The van der Waals surface area contributed by atoms with Crippen LogP contribution in [0.3, 0.4) is 0 Å². The van der Waals surface area contributed by atoms with Gasteiger partial charge in [0.2, 0.25) is 0 Å². The predicted octanol–water partition coefficient (Wildman–Crippen LogP) is 0.644. The van der Waals surface area contributed by atoms with Crippen LogP contribution in [0.2, 0.25) is 0 Å². The second-order valence-corrected chi connectivity index (χ2v) is 4.08. The van der Waals surface area contributed by atoms with Crippen molar-refractivity contribution >= 4 is 12.0 Å². The number of likely N-dealkylation sites (N-methyl/N-ethyl adjacent to an activating group) is 1. The van der Waals surface area contributed by atoms with Crippen molar-refractivity contribution in [3.8, 4) is 0 Å². The molecule has 0 spiro atoms. The molecule has 0 unspecified atom stereocenters. The summed E-state index contributed by atoms with van der Waals surface area (Å²) in [4.78, 5) is 19.0. The summed E-state index contributed by atoms with van der Waals surface area (Å²) in [7, 11) is 4.19. The summed E-state index contributed by atoms with van der Waals surface area (Å²) in [5.74, 6) is 0. The Balaban J connectivity index is 1.98. The van der Waals surface area contributed by atoms with Gasteiger partial charge in [-0.1, -0.05) is 0 Å².